The fourth-order valence-corrected chi connectivity index (χ4v) is 3.93. The third-order valence-corrected chi connectivity index (χ3v) is 5.62. The van der Waals surface area contributed by atoms with Crippen LogP contribution in [0, 0.1) is 5.82 Å². The Morgan fingerprint density at radius 3 is 2.68 bits per heavy atom. The van der Waals surface area contributed by atoms with Crippen molar-refractivity contribution in [3.63, 3.8) is 0 Å². The standard InChI is InChI=1S/C21H29FN4O4S/c1-3-5-19(31)23-13-16-14-26(21(28)30-16)15-6-7-18(17(22)12-15)24-8-10-25(11-9-24)20(27)29-4-2/h6-7,12,16H,3-5,8-11,13-14H2,1-2H3,(H,23,31). The van der Waals surface area contributed by atoms with Gasteiger partial charge in [0, 0.05) is 26.2 Å². The zero-order valence-electron chi connectivity index (χ0n) is 17.9. The molecule has 10 heteroatoms. The number of carbonyl (C=O) groups excluding carboxylic acids is 2. The lowest BCUT2D eigenvalue weighted by molar-refractivity contribution is 0.105. The molecule has 2 saturated heterocycles. The Kier molecular flexibility index (Phi) is 7.89. The third-order valence-electron chi connectivity index (χ3n) is 5.27. The second kappa shape index (κ2) is 10.6. The van der Waals surface area contributed by atoms with Gasteiger partial charge in [0.1, 0.15) is 11.9 Å². The molecular formula is C21H29FN4O4S. The van der Waals surface area contributed by atoms with Crippen molar-refractivity contribution in [3.05, 3.63) is 24.0 Å². The normalized spacial score (nSPS) is 18.7. The van der Waals surface area contributed by atoms with Crippen molar-refractivity contribution >= 4 is 40.8 Å². The topological polar surface area (TPSA) is 74.4 Å². The molecule has 170 valence electrons. The highest BCUT2D eigenvalue weighted by Gasteiger charge is 2.33. The van der Waals surface area contributed by atoms with Crippen LogP contribution in [0.5, 0.6) is 0 Å². The van der Waals surface area contributed by atoms with Crippen LogP contribution in [0.1, 0.15) is 26.7 Å². The van der Waals surface area contributed by atoms with E-state index in [1.165, 1.54) is 11.0 Å². The number of rotatable bonds is 7. The SMILES string of the molecule is CCCC(=S)NCC1CN(c2ccc(N3CCN(C(=O)OCC)CC3)c(F)c2)C(=O)O1. The van der Waals surface area contributed by atoms with Gasteiger partial charge in [-0.05, 0) is 38.0 Å². The Labute approximate surface area is 187 Å². The molecule has 1 unspecified atom stereocenters. The molecule has 2 heterocycles. The number of halogens is 1. The van der Waals surface area contributed by atoms with Gasteiger partial charge in [0.2, 0.25) is 0 Å². The summed E-state index contributed by atoms with van der Waals surface area (Å²) in [6.45, 7) is 6.85. The molecule has 1 atom stereocenters. The lowest BCUT2D eigenvalue weighted by Gasteiger charge is -2.35. The summed E-state index contributed by atoms with van der Waals surface area (Å²) in [6, 6.07) is 4.74. The van der Waals surface area contributed by atoms with Crippen LogP contribution in [-0.2, 0) is 9.47 Å². The number of benzene rings is 1. The number of nitrogens with zero attached hydrogens (tertiary/aromatic N) is 3. The highest BCUT2D eigenvalue weighted by Crippen LogP contribution is 2.28. The van der Waals surface area contributed by atoms with Crippen molar-refractivity contribution in [3.8, 4) is 0 Å². The molecule has 2 aliphatic heterocycles. The number of hydrogen-bond acceptors (Lipinski definition) is 6. The van der Waals surface area contributed by atoms with E-state index in [0.29, 0.717) is 57.3 Å². The molecular weight excluding hydrogens is 423 g/mol. The zero-order valence-corrected chi connectivity index (χ0v) is 18.8. The minimum absolute atomic E-state index is 0.330. The van der Waals surface area contributed by atoms with Crippen molar-refractivity contribution in [1.29, 1.82) is 0 Å². The molecule has 31 heavy (non-hydrogen) atoms. The van der Waals surface area contributed by atoms with E-state index in [0.717, 1.165) is 17.8 Å². The first-order valence-electron chi connectivity index (χ1n) is 10.6. The Bertz CT molecular complexity index is 817. The molecule has 2 fully saturated rings. The lowest BCUT2D eigenvalue weighted by atomic mass is 10.2. The van der Waals surface area contributed by atoms with Gasteiger partial charge in [-0.2, -0.15) is 0 Å². The van der Waals surface area contributed by atoms with E-state index in [9.17, 15) is 14.0 Å². The average molecular weight is 453 g/mol. The van der Waals surface area contributed by atoms with Crippen LogP contribution in [0.15, 0.2) is 18.2 Å². The smallest absolute Gasteiger partial charge is 0.414 e. The summed E-state index contributed by atoms with van der Waals surface area (Å²) in [7, 11) is 0. The molecule has 1 N–H and O–H groups in total. The van der Waals surface area contributed by atoms with E-state index < -0.39 is 11.9 Å². The number of piperazine rings is 1. The van der Waals surface area contributed by atoms with Gasteiger partial charge < -0.3 is 24.6 Å². The number of amides is 2. The number of anilines is 2. The maximum absolute atomic E-state index is 14.9. The quantitative estimate of drug-likeness (QED) is 0.637. The van der Waals surface area contributed by atoms with Crippen molar-refractivity contribution in [2.24, 2.45) is 0 Å². The molecule has 3 rings (SSSR count). The van der Waals surface area contributed by atoms with Gasteiger partial charge >= 0.3 is 12.2 Å². The van der Waals surface area contributed by atoms with E-state index in [-0.39, 0.29) is 12.2 Å². The summed E-state index contributed by atoms with van der Waals surface area (Å²) in [5.74, 6) is -0.416. The molecule has 2 amide bonds. The predicted molar refractivity (Wildman–Crippen MR) is 120 cm³/mol. The highest BCUT2D eigenvalue weighted by atomic mass is 32.1. The first-order valence-corrected chi connectivity index (χ1v) is 11.0. The van der Waals surface area contributed by atoms with Crippen molar-refractivity contribution in [2.75, 3.05) is 55.7 Å². The average Bonchev–Trinajstić information content (AvgIpc) is 3.13. The molecule has 1 aromatic carbocycles. The summed E-state index contributed by atoms with van der Waals surface area (Å²) >= 11 is 5.22. The van der Waals surface area contributed by atoms with Crippen LogP contribution >= 0.6 is 12.2 Å². The van der Waals surface area contributed by atoms with Gasteiger partial charge in [-0.1, -0.05) is 19.1 Å². The first kappa shape index (κ1) is 23.1. The molecule has 2 aliphatic rings. The Balaban J connectivity index is 1.58. The monoisotopic (exact) mass is 452 g/mol. The Hall–Kier alpha value is -2.62. The fraction of sp³-hybridized carbons (Fsp3) is 0.571. The second-order valence-electron chi connectivity index (χ2n) is 7.48. The molecule has 0 saturated carbocycles. The highest BCUT2D eigenvalue weighted by molar-refractivity contribution is 7.80. The summed E-state index contributed by atoms with van der Waals surface area (Å²) in [5.41, 5.74) is 0.901. The Morgan fingerprint density at radius 1 is 1.29 bits per heavy atom. The van der Waals surface area contributed by atoms with Gasteiger partial charge in [0.05, 0.1) is 36.1 Å². The maximum Gasteiger partial charge on any atom is 0.414 e. The minimum Gasteiger partial charge on any atom is -0.450 e. The molecule has 1 aromatic rings. The number of hydrogen-bond donors (Lipinski definition) is 1. The minimum atomic E-state index is -0.497. The summed E-state index contributed by atoms with van der Waals surface area (Å²) in [4.78, 5) is 29.8. The lowest BCUT2D eigenvalue weighted by Crippen LogP contribution is -2.49. The van der Waals surface area contributed by atoms with Gasteiger partial charge in [-0.3, -0.25) is 4.90 Å². The maximum atomic E-state index is 14.9. The summed E-state index contributed by atoms with van der Waals surface area (Å²) in [6.07, 6.45) is 0.557. The third kappa shape index (κ3) is 5.75. The molecule has 0 spiro atoms. The van der Waals surface area contributed by atoms with E-state index >= 15 is 0 Å². The van der Waals surface area contributed by atoms with Crippen LogP contribution in [0.25, 0.3) is 0 Å². The predicted octanol–water partition coefficient (Wildman–Crippen LogP) is 3.15. The van der Waals surface area contributed by atoms with Crippen LogP contribution in [0.3, 0.4) is 0 Å². The van der Waals surface area contributed by atoms with E-state index in [4.69, 9.17) is 21.7 Å². The number of carbonyl (C=O) groups is 2. The largest absolute Gasteiger partial charge is 0.450 e. The molecule has 0 aromatic heterocycles. The van der Waals surface area contributed by atoms with E-state index in [1.807, 2.05) is 11.8 Å². The van der Waals surface area contributed by atoms with Crippen LogP contribution in [0.4, 0.5) is 25.4 Å². The Morgan fingerprint density at radius 2 is 2.03 bits per heavy atom. The van der Waals surface area contributed by atoms with Crippen molar-refractivity contribution < 1.29 is 23.5 Å². The summed E-state index contributed by atoms with van der Waals surface area (Å²) < 4.78 is 25.3. The molecule has 0 radical (unpaired) electrons. The van der Waals surface area contributed by atoms with E-state index in [2.05, 4.69) is 5.32 Å². The van der Waals surface area contributed by atoms with Crippen molar-refractivity contribution in [2.45, 2.75) is 32.8 Å². The van der Waals surface area contributed by atoms with Crippen molar-refractivity contribution in [1.82, 2.24) is 10.2 Å². The fourth-order valence-electron chi connectivity index (χ4n) is 3.65. The molecule has 0 aliphatic carbocycles. The molecule has 0 bridgehead atoms. The van der Waals surface area contributed by atoms with Gasteiger partial charge in [0.25, 0.3) is 0 Å². The van der Waals surface area contributed by atoms with Gasteiger partial charge in [-0.25, -0.2) is 14.0 Å². The number of cyclic esters (lactones) is 1. The summed E-state index contributed by atoms with van der Waals surface area (Å²) in [5, 5.41) is 3.11. The van der Waals surface area contributed by atoms with Crippen LogP contribution < -0.4 is 15.1 Å². The van der Waals surface area contributed by atoms with Crippen LogP contribution in [-0.4, -0.2) is 74.1 Å². The number of ether oxygens (including phenoxy) is 2. The second-order valence-corrected chi connectivity index (χ2v) is 7.97. The van der Waals surface area contributed by atoms with Gasteiger partial charge in [0.15, 0.2) is 0 Å². The van der Waals surface area contributed by atoms with E-state index in [1.54, 1.807) is 24.0 Å². The van der Waals surface area contributed by atoms with Gasteiger partial charge in [-0.15, -0.1) is 0 Å². The zero-order chi connectivity index (χ0) is 22.4. The van der Waals surface area contributed by atoms with Crippen LogP contribution in [0.2, 0.25) is 0 Å². The molecule has 8 nitrogen and oxygen atoms in total. The number of nitrogens with one attached hydrogen (secondary N) is 1. The first-order chi connectivity index (χ1) is 14.9. The number of thiocarbonyl (C=S) groups is 1.